The van der Waals surface area contributed by atoms with Crippen molar-refractivity contribution in [2.24, 2.45) is 5.92 Å². The van der Waals surface area contributed by atoms with Crippen LogP contribution in [0.4, 0.5) is 0 Å². The first-order valence-electron chi connectivity index (χ1n) is 7.56. The molecule has 128 valence electrons. The number of fused-ring (bicyclic) bond motifs is 2. The van der Waals surface area contributed by atoms with Crippen molar-refractivity contribution in [1.82, 2.24) is 9.62 Å². The maximum atomic E-state index is 12.6. The first kappa shape index (κ1) is 16.5. The van der Waals surface area contributed by atoms with E-state index in [1.807, 2.05) is 4.90 Å². The Bertz CT molecular complexity index is 862. The zero-order chi connectivity index (χ0) is 16.9. The number of carbonyl (C=O) groups excluding carboxylic acids is 1. The predicted octanol–water partition coefficient (Wildman–Crippen LogP) is 3.04. The minimum absolute atomic E-state index is 0.000959. The normalized spacial score (nSPS) is 26.2. The van der Waals surface area contributed by atoms with Gasteiger partial charge in [-0.2, -0.15) is 0 Å². The molecule has 1 saturated carbocycles. The van der Waals surface area contributed by atoms with Crippen LogP contribution in [0.5, 0.6) is 0 Å². The highest BCUT2D eigenvalue weighted by Crippen LogP contribution is 2.40. The summed E-state index contributed by atoms with van der Waals surface area (Å²) >= 11 is 8.40. The van der Waals surface area contributed by atoms with Crippen LogP contribution in [0.1, 0.15) is 22.5 Å². The second-order valence-electron chi connectivity index (χ2n) is 6.11. The molecule has 0 spiro atoms. The van der Waals surface area contributed by atoms with Crippen molar-refractivity contribution in [2.45, 2.75) is 29.1 Å². The molecular weight excluding hydrogens is 388 g/mol. The molecule has 1 saturated heterocycles. The van der Waals surface area contributed by atoms with Crippen molar-refractivity contribution in [3.8, 4) is 0 Å². The number of hydrogen-bond donors (Lipinski definition) is 1. The SMILES string of the molecule is O=C(c1ccc(Cl)s1)N1CC2CC1CC2NS(=O)(=O)c1cccs1. The van der Waals surface area contributed by atoms with Gasteiger partial charge in [-0.1, -0.05) is 17.7 Å². The molecule has 3 heterocycles. The minimum atomic E-state index is -3.46. The average molecular weight is 403 g/mol. The Hall–Kier alpha value is -0.930. The number of likely N-dealkylation sites (tertiary alicyclic amines) is 1. The number of rotatable bonds is 4. The smallest absolute Gasteiger partial charge is 0.264 e. The van der Waals surface area contributed by atoms with E-state index in [1.165, 1.54) is 22.7 Å². The number of amides is 1. The fourth-order valence-electron chi connectivity index (χ4n) is 3.59. The molecule has 9 heteroatoms. The first-order chi connectivity index (χ1) is 11.4. The van der Waals surface area contributed by atoms with Gasteiger partial charge in [-0.3, -0.25) is 4.79 Å². The van der Waals surface area contributed by atoms with Crippen LogP contribution < -0.4 is 4.72 Å². The van der Waals surface area contributed by atoms with Gasteiger partial charge in [0.1, 0.15) is 4.21 Å². The quantitative estimate of drug-likeness (QED) is 0.854. The van der Waals surface area contributed by atoms with Gasteiger partial charge in [0.2, 0.25) is 10.0 Å². The van der Waals surface area contributed by atoms with E-state index in [9.17, 15) is 13.2 Å². The Morgan fingerprint density at radius 2 is 2.12 bits per heavy atom. The second kappa shape index (κ2) is 6.10. The minimum Gasteiger partial charge on any atom is -0.335 e. The van der Waals surface area contributed by atoms with Crippen LogP contribution in [0.25, 0.3) is 0 Å². The molecular formula is C15H15ClN2O3S3. The van der Waals surface area contributed by atoms with Crippen molar-refractivity contribution in [1.29, 1.82) is 0 Å². The summed E-state index contributed by atoms with van der Waals surface area (Å²) in [5.41, 5.74) is 0. The molecule has 0 aromatic carbocycles. The van der Waals surface area contributed by atoms with E-state index in [4.69, 9.17) is 11.6 Å². The van der Waals surface area contributed by atoms with Gasteiger partial charge in [-0.05, 0) is 42.3 Å². The van der Waals surface area contributed by atoms with E-state index >= 15 is 0 Å². The lowest BCUT2D eigenvalue weighted by Gasteiger charge is -2.31. The van der Waals surface area contributed by atoms with Gasteiger partial charge in [0.05, 0.1) is 9.21 Å². The number of thiophene rings is 2. The standard InChI is InChI=1S/C15H15ClN2O3S3/c16-13-4-3-12(23-13)15(19)18-8-9-6-10(18)7-11(9)17-24(20,21)14-2-1-5-22-14/h1-5,9-11,17H,6-8H2. The van der Waals surface area contributed by atoms with Crippen LogP contribution in [0.3, 0.4) is 0 Å². The van der Waals surface area contributed by atoms with Gasteiger partial charge in [0.15, 0.2) is 0 Å². The van der Waals surface area contributed by atoms with Crippen molar-refractivity contribution >= 4 is 50.2 Å². The Balaban J connectivity index is 1.44. The summed E-state index contributed by atoms with van der Waals surface area (Å²) in [5.74, 6) is 0.170. The maximum absolute atomic E-state index is 12.6. The summed E-state index contributed by atoms with van der Waals surface area (Å²) in [6, 6.07) is 6.81. The van der Waals surface area contributed by atoms with Crippen LogP contribution >= 0.6 is 34.3 Å². The summed E-state index contributed by atoms with van der Waals surface area (Å²) in [6.45, 7) is 0.594. The number of nitrogens with zero attached hydrogens (tertiary/aromatic N) is 1. The van der Waals surface area contributed by atoms with Crippen LogP contribution in [0.2, 0.25) is 4.34 Å². The van der Waals surface area contributed by atoms with Gasteiger partial charge in [0.25, 0.3) is 5.91 Å². The molecule has 2 bridgehead atoms. The molecule has 1 aliphatic carbocycles. The fourth-order valence-corrected chi connectivity index (χ4v) is 6.92. The predicted molar refractivity (Wildman–Crippen MR) is 95.3 cm³/mol. The van der Waals surface area contributed by atoms with Crippen molar-refractivity contribution < 1.29 is 13.2 Å². The lowest BCUT2D eigenvalue weighted by atomic mass is 10.0. The molecule has 2 aliphatic rings. The van der Waals surface area contributed by atoms with E-state index in [1.54, 1.807) is 29.6 Å². The van der Waals surface area contributed by atoms with Crippen LogP contribution in [0, 0.1) is 5.92 Å². The molecule has 3 atom stereocenters. The van der Waals surface area contributed by atoms with Crippen molar-refractivity contribution in [3.05, 3.63) is 38.9 Å². The molecule has 1 amide bonds. The molecule has 5 nitrogen and oxygen atoms in total. The number of halogens is 1. The van der Waals surface area contributed by atoms with Gasteiger partial charge >= 0.3 is 0 Å². The molecule has 2 aromatic rings. The summed E-state index contributed by atoms with van der Waals surface area (Å²) in [4.78, 5) is 15.1. The fraction of sp³-hybridized carbons (Fsp3) is 0.400. The average Bonchev–Trinajstić information content (AvgIpc) is 3.30. The number of hydrogen-bond acceptors (Lipinski definition) is 5. The highest BCUT2D eigenvalue weighted by molar-refractivity contribution is 7.91. The molecule has 1 N–H and O–H groups in total. The maximum Gasteiger partial charge on any atom is 0.264 e. The van der Waals surface area contributed by atoms with E-state index in [-0.39, 0.29) is 23.9 Å². The Labute approximate surface area is 153 Å². The highest BCUT2D eigenvalue weighted by atomic mass is 35.5. The summed E-state index contributed by atoms with van der Waals surface area (Å²) in [6.07, 6.45) is 1.52. The van der Waals surface area contributed by atoms with Gasteiger partial charge < -0.3 is 4.90 Å². The van der Waals surface area contributed by atoms with Gasteiger partial charge in [0, 0.05) is 18.6 Å². The van der Waals surface area contributed by atoms with E-state index in [0.717, 1.165) is 6.42 Å². The molecule has 0 radical (unpaired) electrons. The zero-order valence-electron chi connectivity index (χ0n) is 12.5. The Morgan fingerprint density at radius 1 is 1.29 bits per heavy atom. The lowest BCUT2D eigenvalue weighted by molar-refractivity contribution is 0.0696. The molecule has 2 aromatic heterocycles. The topological polar surface area (TPSA) is 66.5 Å². The van der Waals surface area contributed by atoms with Crippen molar-refractivity contribution in [2.75, 3.05) is 6.54 Å². The molecule has 2 fully saturated rings. The summed E-state index contributed by atoms with van der Waals surface area (Å²) < 4.78 is 28.5. The third kappa shape index (κ3) is 2.90. The number of sulfonamides is 1. The Morgan fingerprint density at radius 3 is 2.71 bits per heavy atom. The number of piperidine rings is 1. The largest absolute Gasteiger partial charge is 0.335 e. The van der Waals surface area contributed by atoms with Crippen LogP contribution in [0.15, 0.2) is 33.9 Å². The molecule has 1 aliphatic heterocycles. The van der Waals surface area contributed by atoms with E-state index in [0.29, 0.717) is 26.4 Å². The Kier molecular flexibility index (Phi) is 4.20. The summed E-state index contributed by atoms with van der Waals surface area (Å²) in [7, 11) is -3.46. The summed E-state index contributed by atoms with van der Waals surface area (Å²) in [5, 5.41) is 1.75. The molecule has 4 rings (SSSR count). The van der Waals surface area contributed by atoms with E-state index in [2.05, 4.69) is 4.72 Å². The van der Waals surface area contributed by atoms with Crippen molar-refractivity contribution in [3.63, 3.8) is 0 Å². The zero-order valence-corrected chi connectivity index (χ0v) is 15.7. The first-order valence-corrected chi connectivity index (χ1v) is 11.1. The highest BCUT2D eigenvalue weighted by Gasteiger charge is 2.48. The van der Waals surface area contributed by atoms with E-state index < -0.39 is 10.0 Å². The number of carbonyl (C=O) groups is 1. The van der Waals surface area contributed by atoms with Gasteiger partial charge in [-0.25, -0.2) is 13.1 Å². The molecule has 24 heavy (non-hydrogen) atoms. The second-order valence-corrected chi connectivity index (χ2v) is 10.7. The van der Waals surface area contributed by atoms with Gasteiger partial charge in [-0.15, -0.1) is 22.7 Å². The lowest BCUT2D eigenvalue weighted by Crippen LogP contribution is -2.47. The monoisotopic (exact) mass is 402 g/mol. The molecule has 3 unspecified atom stereocenters. The van der Waals surface area contributed by atoms with Crippen LogP contribution in [-0.4, -0.2) is 37.9 Å². The third-order valence-electron chi connectivity index (χ3n) is 4.65. The van der Waals surface area contributed by atoms with Crippen LogP contribution in [-0.2, 0) is 10.0 Å². The third-order valence-corrected chi connectivity index (χ3v) is 8.76. The number of nitrogens with one attached hydrogen (secondary N) is 1.